The van der Waals surface area contributed by atoms with Crippen molar-refractivity contribution < 1.29 is 4.79 Å². The van der Waals surface area contributed by atoms with E-state index < -0.39 is 0 Å². The highest BCUT2D eigenvalue weighted by atomic mass is 35.5. The smallest absolute Gasteiger partial charge is 0.254 e. The molecule has 0 radical (unpaired) electrons. The Labute approximate surface area is 204 Å². The lowest BCUT2D eigenvalue weighted by molar-refractivity contribution is -0.122. The normalized spacial score (nSPS) is 15.3. The van der Waals surface area contributed by atoms with Gasteiger partial charge in [-0.2, -0.15) is 5.10 Å². The predicted molar refractivity (Wildman–Crippen MR) is 140 cm³/mol. The topological polar surface area (TPSA) is 47.9 Å². The minimum Gasteiger partial charge on any atom is -0.296 e. The molecule has 0 saturated carbocycles. The van der Waals surface area contributed by atoms with Gasteiger partial charge in [0, 0.05) is 43.3 Å². The summed E-state index contributed by atoms with van der Waals surface area (Å²) in [7, 11) is 0. The number of rotatable bonds is 6. The molecule has 0 atom stereocenters. The zero-order valence-electron chi connectivity index (χ0n) is 19.0. The Kier molecular flexibility index (Phi) is 6.86. The van der Waals surface area contributed by atoms with Gasteiger partial charge >= 0.3 is 0 Å². The van der Waals surface area contributed by atoms with Crippen molar-refractivity contribution in [1.29, 1.82) is 0 Å². The number of carbonyl (C=O) groups excluding carboxylic acids is 1. The molecule has 0 bridgehead atoms. The standard InChI is InChI=1S/C28H27ClN4O/c29-27-12-6-3-9-23(27)19-32-13-15-33(16-14-32)20-28(34)31-30-18-26-24-10-4-1-7-21(24)17-22-8-2-5-11-25(22)26/h1-12,17-18H,13-16,19-20H2,(H,31,34)/b30-18-. The fourth-order valence-corrected chi connectivity index (χ4v) is 4.76. The molecule has 5 nitrogen and oxygen atoms in total. The van der Waals surface area contributed by atoms with Crippen LogP contribution in [0.25, 0.3) is 21.5 Å². The number of hydrazone groups is 1. The number of nitrogens with one attached hydrogen (secondary N) is 1. The van der Waals surface area contributed by atoms with Crippen molar-refractivity contribution in [3.8, 4) is 0 Å². The number of fused-ring (bicyclic) bond motifs is 2. The summed E-state index contributed by atoms with van der Waals surface area (Å²) in [6.07, 6.45) is 1.77. The van der Waals surface area contributed by atoms with Crippen molar-refractivity contribution >= 4 is 45.3 Å². The molecular weight excluding hydrogens is 444 g/mol. The molecule has 5 rings (SSSR count). The molecule has 34 heavy (non-hydrogen) atoms. The van der Waals surface area contributed by atoms with Gasteiger partial charge in [0.25, 0.3) is 5.91 Å². The van der Waals surface area contributed by atoms with Gasteiger partial charge in [0.15, 0.2) is 0 Å². The number of benzene rings is 4. The Hall–Kier alpha value is -3.25. The summed E-state index contributed by atoms with van der Waals surface area (Å²) in [4.78, 5) is 17.1. The van der Waals surface area contributed by atoms with Gasteiger partial charge in [-0.3, -0.25) is 14.6 Å². The first-order valence-corrected chi connectivity index (χ1v) is 12.0. The summed E-state index contributed by atoms with van der Waals surface area (Å²) in [6, 6.07) is 26.7. The molecule has 4 aromatic carbocycles. The maximum absolute atomic E-state index is 12.5. The average Bonchev–Trinajstić information content (AvgIpc) is 2.86. The van der Waals surface area contributed by atoms with Gasteiger partial charge in [-0.1, -0.05) is 78.3 Å². The van der Waals surface area contributed by atoms with E-state index in [1.54, 1.807) is 6.21 Å². The first kappa shape index (κ1) is 22.5. The SMILES string of the molecule is O=C(CN1CCN(Cc2ccccc2Cl)CC1)N/N=C\c1c2ccccc2cc2ccccc12. The second kappa shape index (κ2) is 10.3. The average molecular weight is 471 g/mol. The highest BCUT2D eigenvalue weighted by Gasteiger charge is 2.19. The Morgan fingerprint density at radius 1 is 0.853 bits per heavy atom. The lowest BCUT2D eigenvalue weighted by Crippen LogP contribution is -2.48. The molecule has 0 aromatic heterocycles. The van der Waals surface area contributed by atoms with Crippen molar-refractivity contribution in [3.63, 3.8) is 0 Å². The Bertz CT molecular complexity index is 1290. The zero-order valence-corrected chi connectivity index (χ0v) is 19.7. The van der Waals surface area contributed by atoms with Crippen LogP contribution in [-0.4, -0.2) is 54.6 Å². The van der Waals surface area contributed by atoms with Crippen LogP contribution in [0.15, 0.2) is 84.0 Å². The number of hydrogen-bond donors (Lipinski definition) is 1. The van der Waals surface area contributed by atoms with E-state index in [4.69, 9.17) is 11.6 Å². The third kappa shape index (κ3) is 5.12. The summed E-state index contributed by atoms with van der Waals surface area (Å²) in [5, 5.41) is 9.67. The predicted octanol–water partition coefficient (Wildman–Crippen LogP) is 4.91. The molecule has 1 amide bonds. The van der Waals surface area contributed by atoms with Gasteiger partial charge in [-0.05, 0) is 39.2 Å². The largest absolute Gasteiger partial charge is 0.296 e. The van der Waals surface area contributed by atoms with Crippen molar-refractivity contribution in [1.82, 2.24) is 15.2 Å². The molecule has 4 aromatic rings. The van der Waals surface area contributed by atoms with Gasteiger partial charge in [0.1, 0.15) is 0 Å². The number of hydrogen-bond acceptors (Lipinski definition) is 4. The lowest BCUT2D eigenvalue weighted by Gasteiger charge is -2.34. The summed E-state index contributed by atoms with van der Waals surface area (Å²) >= 11 is 6.29. The van der Waals surface area contributed by atoms with Crippen LogP contribution in [0.4, 0.5) is 0 Å². The third-order valence-corrected chi connectivity index (χ3v) is 6.75. The van der Waals surface area contributed by atoms with Gasteiger partial charge in [-0.25, -0.2) is 5.43 Å². The van der Waals surface area contributed by atoms with E-state index in [1.165, 1.54) is 0 Å². The zero-order chi connectivity index (χ0) is 23.3. The van der Waals surface area contributed by atoms with E-state index in [-0.39, 0.29) is 5.91 Å². The number of nitrogens with zero attached hydrogens (tertiary/aromatic N) is 3. The molecule has 1 aliphatic heterocycles. The maximum atomic E-state index is 12.5. The minimum atomic E-state index is -0.0969. The van der Waals surface area contributed by atoms with Crippen LogP contribution in [0, 0.1) is 0 Å². The molecule has 1 aliphatic rings. The molecule has 172 valence electrons. The second-order valence-electron chi connectivity index (χ2n) is 8.67. The van der Waals surface area contributed by atoms with Gasteiger partial charge in [0.2, 0.25) is 0 Å². The van der Waals surface area contributed by atoms with Crippen LogP contribution < -0.4 is 5.43 Å². The second-order valence-corrected chi connectivity index (χ2v) is 9.08. The van der Waals surface area contributed by atoms with E-state index in [0.717, 1.165) is 70.4 Å². The van der Waals surface area contributed by atoms with E-state index in [0.29, 0.717) is 6.54 Å². The van der Waals surface area contributed by atoms with Crippen LogP contribution in [-0.2, 0) is 11.3 Å². The van der Waals surface area contributed by atoms with Gasteiger partial charge < -0.3 is 0 Å². The summed E-state index contributed by atoms with van der Waals surface area (Å²) in [6.45, 7) is 4.68. The Morgan fingerprint density at radius 3 is 2.12 bits per heavy atom. The van der Waals surface area contributed by atoms with Crippen LogP contribution >= 0.6 is 11.6 Å². The highest BCUT2D eigenvalue weighted by Crippen LogP contribution is 2.27. The molecule has 1 N–H and O–H groups in total. The van der Waals surface area contributed by atoms with Crippen molar-refractivity contribution in [2.24, 2.45) is 5.10 Å². The van der Waals surface area contributed by atoms with E-state index in [1.807, 2.05) is 42.5 Å². The minimum absolute atomic E-state index is 0.0969. The van der Waals surface area contributed by atoms with E-state index in [2.05, 4.69) is 56.7 Å². The Morgan fingerprint density at radius 2 is 1.44 bits per heavy atom. The van der Waals surface area contributed by atoms with Crippen LogP contribution in [0.5, 0.6) is 0 Å². The van der Waals surface area contributed by atoms with E-state index >= 15 is 0 Å². The molecule has 1 heterocycles. The number of amides is 1. The molecule has 0 spiro atoms. The van der Waals surface area contributed by atoms with Crippen LogP contribution in [0.1, 0.15) is 11.1 Å². The highest BCUT2D eigenvalue weighted by molar-refractivity contribution is 6.31. The molecule has 6 heteroatoms. The monoisotopic (exact) mass is 470 g/mol. The number of piperazine rings is 1. The third-order valence-electron chi connectivity index (χ3n) is 6.38. The van der Waals surface area contributed by atoms with Gasteiger partial charge in [-0.15, -0.1) is 0 Å². The molecule has 0 aliphatic carbocycles. The first-order valence-electron chi connectivity index (χ1n) is 11.6. The fraction of sp³-hybridized carbons (Fsp3) is 0.214. The first-order chi connectivity index (χ1) is 16.7. The van der Waals surface area contributed by atoms with E-state index in [9.17, 15) is 4.79 Å². The Balaban J connectivity index is 1.18. The van der Waals surface area contributed by atoms with Crippen molar-refractivity contribution in [3.05, 3.63) is 95.0 Å². The van der Waals surface area contributed by atoms with Crippen LogP contribution in [0.2, 0.25) is 5.02 Å². The van der Waals surface area contributed by atoms with Crippen LogP contribution in [0.3, 0.4) is 0 Å². The molecule has 1 saturated heterocycles. The molecular formula is C28H27ClN4O. The summed E-state index contributed by atoms with van der Waals surface area (Å²) in [5.74, 6) is -0.0969. The molecule has 1 fully saturated rings. The van der Waals surface area contributed by atoms with Gasteiger partial charge in [0.05, 0.1) is 12.8 Å². The summed E-state index contributed by atoms with van der Waals surface area (Å²) in [5.41, 5.74) is 4.88. The molecule has 0 unspecified atom stereocenters. The number of halogens is 1. The maximum Gasteiger partial charge on any atom is 0.254 e. The quantitative estimate of drug-likeness (QED) is 0.247. The summed E-state index contributed by atoms with van der Waals surface area (Å²) < 4.78 is 0. The number of carbonyl (C=O) groups is 1. The van der Waals surface area contributed by atoms with Crippen molar-refractivity contribution in [2.75, 3.05) is 32.7 Å². The fourth-order valence-electron chi connectivity index (χ4n) is 4.57. The van der Waals surface area contributed by atoms with Crippen molar-refractivity contribution in [2.45, 2.75) is 6.54 Å². The lowest BCUT2D eigenvalue weighted by atomic mass is 9.97.